The van der Waals surface area contributed by atoms with Crippen LogP contribution in [0.2, 0.25) is 0 Å². The molecule has 3 aromatic rings. The van der Waals surface area contributed by atoms with Gasteiger partial charge in [0, 0.05) is 15.3 Å². The molecular weight excluding hydrogens is 422 g/mol. The van der Waals surface area contributed by atoms with Crippen molar-refractivity contribution in [3.8, 4) is 28.5 Å². The Kier molecular flexibility index (Phi) is 6.33. The van der Waals surface area contributed by atoms with Crippen molar-refractivity contribution in [2.24, 2.45) is 0 Å². The van der Waals surface area contributed by atoms with Gasteiger partial charge in [0.15, 0.2) is 16.6 Å². The number of hydrogen-bond donors (Lipinski definition) is 1. The van der Waals surface area contributed by atoms with Gasteiger partial charge in [-0.05, 0) is 38.1 Å². The number of nitrogens with zero attached hydrogens (tertiary/aromatic N) is 1. The first kappa shape index (κ1) is 21.0. The Hall–Kier alpha value is -2.72. The number of aryl methyl sites for hydroxylation is 2. The van der Waals surface area contributed by atoms with Gasteiger partial charge in [-0.1, -0.05) is 0 Å². The van der Waals surface area contributed by atoms with Crippen molar-refractivity contribution in [1.29, 1.82) is 0 Å². The van der Waals surface area contributed by atoms with E-state index in [1.165, 1.54) is 17.4 Å². The molecular formula is C19H18F2N2O4S2. The topological polar surface area (TPSA) is 69.7 Å². The molecule has 0 saturated heterocycles. The zero-order chi connectivity index (χ0) is 21.1. The SMILES string of the molecule is COc1ccc(-c2nc(NC(=O)c3sc(C)cc3OC(F)F)sc2C)cc1OC. The van der Waals surface area contributed by atoms with Gasteiger partial charge < -0.3 is 14.2 Å². The quantitative estimate of drug-likeness (QED) is 0.536. The van der Waals surface area contributed by atoms with Crippen molar-refractivity contribution in [1.82, 2.24) is 4.98 Å². The van der Waals surface area contributed by atoms with Gasteiger partial charge in [0.2, 0.25) is 0 Å². The molecule has 0 saturated carbocycles. The molecule has 6 nitrogen and oxygen atoms in total. The van der Waals surface area contributed by atoms with Gasteiger partial charge in [-0.2, -0.15) is 8.78 Å². The molecule has 3 rings (SSSR count). The van der Waals surface area contributed by atoms with Gasteiger partial charge in [0.05, 0.1) is 19.9 Å². The van der Waals surface area contributed by atoms with Gasteiger partial charge in [-0.25, -0.2) is 4.98 Å². The number of methoxy groups -OCH3 is 2. The fourth-order valence-electron chi connectivity index (χ4n) is 2.69. The molecule has 154 valence electrons. The first-order chi connectivity index (χ1) is 13.8. The summed E-state index contributed by atoms with van der Waals surface area (Å²) in [5.41, 5.74) is 1.48. The number of rotatable bonds is 7. The van der Waals surface area contributed by atoms with Crippen LogP contribution in [0.25, 0.3) is 11.3 Å². The van der Waals surface area contributed by atoms with Crippen molar-refractivity contribution in [2.45, 2.75) is 20.5 Å². The van der Waals surface area contributed by atoms with E-state index in [1.807, 2.05) is 13.0 Å². The summed E-state index contributed by atoms with van der Waals surface area (Å²) in [7, 11) is 3.10. The van der Waals surface area contributed by atoms with Gasteiger partial charge in [-0.3, -0.25) is 10.1 Å². The third-order valence-electron chi connectivity index (χ3n) is 3.92. The minimum absolute atomic E-state index is 0.0725. The highest BCUT2D eigenvalue weighted by atomic mass is 32.1. The molecule has 0 radical (unpaired) electrons. The predicted octanol–water partition coefficient (Wildman–Crippen LogP) is 5.36. The van der Waals surface area contributed by atoms with Crippen LogP contribution in [0, 0.1) is 13.8 Å². The fraction of sp³-hybridized carbons (Fsp3) is 0.263. The largest absolute Gasteiger partial charge is 0.493 e. The van der Waals surface area contributed by atoms with Crippen LogP contribution in [-0.2, 0) is 0 Å². The second kappa shape index (κ2) is 8.75. The lowest BCUT2D eigenvalue weighted by atomic mass is 10.1. The summed E-state index contributed by atoms with van der Waals surface area (Å²) >= 11 is 2.36. The van der Waals surface area contributed by atoms with E-state index >= 15 is 0 Å². The summed E-state index contributed by atoms with van der Waals surface area (Å²) in [5.74, 6) is 0.461. The Morgan fingerprint density at radius 3 is 2.45 bits per heavy atom. The molecule has 29 heavy (non-hydrogen) atoms. The van der Waals surface area contributed by atoms with Crippen molar-refractivity contribution in [3.63, 3.8) is 0 Å². The number of thiazole rings is 1. The summed E-state index contributed by atoms with van der Waals surface area (Å²) < 4.78 is 40.2. The van der Waals surface area contributed by atoms with Gasteiger partial charge >= 0.3 is 6.61 Å². The molecule has 1 N–H and O–H groups in total. The highest BCUT2D eigenvalue weighted by molar-refractivity contribution is 7.16. The maximum absolute atomic E-state index is 12.6. The molecule has 0 fully saturated rings. The third-order valence-corrected chi connectivity index (χ3v) is 5.83. The van der Waals surface area contributed by atoms with E-state index in [2.05, 4.69) is 15.0 Å². The Morgan fingerprint density at radius 2 is 1.79 bits per heavy atom. The van der Waals surface area contributed by atoms with E-state index in [0.717, 1.165) is 21.8 Å². The average Bonchev–Trinajstić information content (AvgIpc) is 3.22. The zero-order valence-corrected chi connectivity index (χ0v) is 17.7. The van der Waals surface area contributed by atoms with Crippen LogP contribution in [0.5, 0.6) is 17.2 Å². The van der Waals surface area contributed by atoms with Gasteiger partial charge in [-0.15, -0.1) is 22.7 Å². The first-order valence-corrected chi connectivity index (χ1v) is 10.0. The normalized spacial score (nSPS) is 10.9. The smallest absolute Gasteiger partial charge is 0.387 e. The van der Waals surface area contributed by atoms with E-state index in [9.17, 15) is 13.6 Å². The van der Waals surface area contributed by atoms with Crippen molar-refractivity contribution < 1.29 is 27.8 Å². The monoisotopic (exact) mass is 440 g/mol. The number of ether oxygens (including phenoxy) is 3. The molecule has 0 atom stereocenters. The van der Waals surface area contributed by atoms with E-state index in [1.54, 1.807) is 33.3 Å². The molecule has 0 aliphatic heterocycles. The first-order valence-electron chi connectivity index (χ1n) is 8.38. The number of thiophene rings is 1. The highest BCUT2D eigenvalue weighted by Crippen LogP contribution is 2.37. The number of benzene rings is 1. The summed E-state index contributed by atoms with van der Waals surface area (Å²) in [4.78, 5) is 18.7. The van der Waals surface area contributed by atoms with Crippen LogP contribution in [-0.4, -0.2) is 31.7 Å². The van der Waals surface area contributed by atoms with Crippen LogP contribution < -0.4 is 19.5 Å². The number of amides is 1. The van der Waals surface area contributed by atoms with Crippen LogP contribution >= 0.6 is 22.7 Å². The second-order valence-corrected chi connectivity index (χ2v) is 8.34. The molecule has 10 heteroatoms. The highest BCUT2D eigenvalue weighted by Gasteiger charge is 2.21. The molecule has 2 heterocycles. The maximum Gasteiger partial charge on any atom is 0.387 e. The van der Waals surface area contributed by atoms with E-state index in [-0.39, 0.29) is 10.6 Å². The van der Waals surface area contributed by atoms with Crippen LogP contribution in [0.3, 0.4) is 0 Å². The van der Waals surface area contributed by atoms with E-state index < -0.39 is 12.5 Å². The summed E-state index contributed by atoms with van der Waals surface area (Å²) in [6.45, 7) is 0.581. The van der Waals surface area contributed by atoms with E-state index in [4.69, 9.17) is 9.47 Å². The van der Waals surface area contributed by atoms with Crippen molar-refractivity contribution >= 4 is 33.7 Å². The lowest BCUT2D eigenvalue weighted by Crippen LogP contribution is -2.12. The fourth-order valence-corrected chi connectivity index (χ4v) is 4.36. The minimum atomic E-state index is -3.01. The van der Waals surface area contributed by atoms with E-state index in [0.29, 0.717) is 27.2 Å². The average molecular weight is 440 g/mol. The number of carbonyl (C=O) groups is 1. The Balaban J connectivity index is 1.85. The number of anilines is 1. The number of carbonyl (C=O) groups excluding carboxylic acids is 1. The van der Waals surface area contributed by atoms with Crippen LogP contribution in [0.15, 0.2) is 24.3 Å². The Labute approximate surface area is 174 Å². The van der Waals surface area contributed by atoms with Crippen LogP contribution in [0.1, 0.15) is 19.4 Å². The third kappa shape index (κ3) is 4.65. The summed E-state index contributed by atoms with van der Waals surface area (Å²) in [6.07, 6.45) is 0. The standard InChI is InChI=1S/C19H18F2N2O4S2/c1-9-7-14(27-18(20)21)16(28-9)17(24)23-19-22-15(10(2)29-19)11-5-6-12(25-3)13(8-11)26-4/h5-8,18H,1-4H3,(H,22,23,24). The predicted molar refractivity (Wildman–Crippen MR) is 109 cm³/mol. The Morgan fingerprint density at radius 1 is 1.07 bits per heavy atom. The molecule has 0 aliphatic rings. The Bertz CT molecular complexity index is 1030. The maximum atomic E-state index is 12.6. The molecule has 1 amide bonds. The number of alkyl halides is 2. The zero-order valence-electron chi connectivity index (χ0n) is 16.0. The second-order valence-electron chi connectivity index (χ2n) is 5.88. The number of halogens is 2. The molecule has 0 bridgehead atoms. The number of nitrogens with one attached hydrogen (secondary N) is 1. The number of hydrogen-bond acceptors (Lipinski definition) is 7. The number of aromatic nitrogens is 1. The molecule has 1 aromatic carbocycles. The van der Waals surface area contributed by atoms with Gasteiger partial charge in [0.1, 0.15) is 10.6 Å². The van der Waals surface area contributed by atoms with Crippen molar-refractivity contribution in [3.05, 3.63) is 38.9 Å². The molecule has 0 spiro atoms. The lowest BCUT2D eigenvalue weighted by molar-refractivity contribution is -0.0498. The minimum Gasteiger partial charge on any atom is -0.493 e. The molecule has 0 aliphatic carbocycles. The summed E-state index contributed by atoms with van der Waals surface area (Å²) in [5, 5.41) is 3.02. The lowest BCUT2D eigenvalue weighted by Gasteiger charge is -2.08. The summed E-state index contributed by atoms with van der Waals surface area (Å²) in [6, 6.07) is 6.82. The van der Waals surface area contributed by atoms with Crippen LogP contribution in [0.4, 0.5) is 13.9 Å². The molecule has 2 aromatic heterocycles. The molecule has 0 unspecified atom stereocenters. The van der Waals surface area contributed by atoms with Crippen molar-refractivity contribution in [2.75, 3.05) is 19.5 Å². The van der Waals surface area contributed by atoms with Gasteiger partial charge in [0.25, 0.3) is 5.91 Å².